The van der Waals surface area contributed by atoms with Crippen molar-refractivity contribution < 1.29 is 29.2 Å². The Hall–Kier alpha value is -0.850. The van der Waals surface area contributed by atoms with E-state index in [1.165, 1.54) is 20.0 Å². The molecule has 0 amide bonds. The molecule has 6 rings (SSSR count). The van der Waals surface area contributed by atoms with Gasteiger partial charge in [0.1, 0.15) is 6.61 Å². The second kappa shape index (κ2) is 7.38. The molecule has 1 heterocycles. The van der Waals surface area contributed by atoms with Crippen LogP contribution in [0, 0.1) is 50.7 Å². The Morgan fingerprint density at radius 1 is 1.00 bits per heavy atom. The Labute approximate surface area is 210 Å². The molecule has 0 radical (unpaired) electrons. The number of methoxy groups -OCH3 is 1. The molecule has 1 aliphatic heterocycles. The zero-order valence-corrected chi connectivity index (χ0v) is 22.5. The van der Waals surface area contributed by atoms with Crippen LogP contribution in [0.15, 0.2) is 0 Å². The summed E-state index contributed by atoms with van der Waals surface area (Å²) < 4.78 is 16.5. The largest absolute Gasteiger partial charge is 0.508 e. The number of aliphatic hydroxyl groups excluding tert-OH is 2. The Morgan fingerprint density at radius 3 is 2.40 bits per heavy atom. The molecule has 0 aromatic carbocycles. The van der Waals surface area contributed by atoms with Crippen molar-refractivity contribution in [2.75, 3.05) is 13.7 Å². The number of carbonyl (C=O) groups is 1. The molecule has 5 aliphatic carbocycles. The SMILES string of the molecule is COC(=O)OCC1C[C@@H](C)[C@H]2C(O1)[C@H](O)[C@@]1(C)C3CC[C@H]4C(C)(C)[C@@H](O)CC[C@@]45C[C@@]35CC[C@]21C. The molecule has 5 saturated carbocycles. The maximum atomic E-state index is 12.1. The summed E-state index contributed by atoms with van der Waals surface area (Å²) in [5, 5.41) is 23.0. The van der Waals surface area contributed by atoms with Crippen molar-refractivity contribution >= 4 is 6.16 Å². The van der Waals surface area contributed by atoms with Crippen molar-refractivity contribution in [3.05, 3.63) is 0 Å². The molecule has 6 fully saturated rings. The van der Waals surface area contributed by atoms with Crippen LogP contribution in [0.2, 0.25) is 0 Å². The molecular formula is C29H46O6. The van der Waals surface area contributed by atoms with E-state index in [1.807, 2.05) is 0 Å². The van der Waals surface area contributed by atoms with Crippen LogP contribution < -0.4 is 0 Å². The quantitative estimate of drug-likeness (QED) is 0.533. The fraction of sp³-hybridized carbons (Fsp3) is 0.966. The normalized spacial score (nSPS) is 57.6. The van der Waals surface area contributed by atoms with Gasteiger partial charge in [-0.2, -0.15) is 0 Å². The van der Waals surface area contributed by atoms with E-state index >= 15 is 0 Å². The van der Waals surface area contributed by atoms with Crippen LogP contribution in [0.5, 0.6) is 0 Å². The average molecular weight is 491 g/mol. The Bertz CT molecular complexity index is 904. The topological polar surface area (TPSA) is 85.2 Å². The lowest BCUT2D eigenvalue weighted by Gasteiger charge is -2.63. The predicted molar refractivity (Wildman–Crippen MR) is 130 cm³/mol. The van der Waals surface area contributed by atoms with E-state index in [2.05, 4.69) is 39.4 Å². The molecule has 0 aromatic rings. The highest BCUT2D eigenvalue weighted by atomic mass is 16.7. The first-order chi connectivity index (χ1) is 16.4. The lowest BCUT2D eigenvalue weighted by molar-refractivity contribution is -0.182. The van der Waals surface area contributed by atoms with Gasteiger partial charge in [-0.3, -0.25) is 0 Å². The van der Waals surface area contributed by atoms with Gasteiger partial charge in [0.25, 0.3) is 0 Å². The Morgan fingerprint density at radius 2 is 1.69 bits per heavy atom. The highest BCUT2D eigenvalue weighted by Crippen LogP contribution is 2.89. The highest BCUT2D eigenvalue weighted by molar-refractivity contribution is 5.59. The van der Waals surface area contributed by atoms with Gasteiger partial charge in [-0.15, -0.1) is 0 Å². The van der Waals surface area contributed by atoms with Gasteiger partial charge >= 0.3 is 6.16 Å². The fourth-order valence-electron chi connectivity index (χ4n) is 11.7. The summed E-state index contributed by atoms with van der Waals surface area (Å²) in [6, 6.07) is 0. The first kappa shape index (κ1) is 24.5. The van der Waals surface area contributed by atoms with E-state index in [0.717, 1.165) is 38.5 Å². The van der Waals surface area contributed by atoms with Crippen molar-refractivity contribution in [1.29, 1.82) is 0 Å². The summed E-state index contributed by atoms with van der Waals surface area (Å²) in [6.45, 7) is 11.9. The lowest BCUT2D eigenvalue weighted by Crippen LogP contribution is -2.59. The molecule has 2 spiro atoms. The number of hydrogen-bond donors (Lipinski definition) is 2. The summed E-state index contributed by atoms with van der Waals surface area (Å²) in [6.07, 6.45) is 7.08. The summed E-state index contributed by atoms with van der Waals surface area (Å²) in [5.74, 6) is 1.78. The third-order valence-corrected chi connectivity index (χ3v) is 13.4. The number of ether oxygens (including phenoxy) is 3. The summed E-state index contributed by atoms with van der Waals surface area (Å²) in [5.41, 5.74) is 0.468. The monoisotopic (exact) mass is 490 g/mol. The molecular weight excluding hydrogens is 444 g/mol. The molecule has 6 heteroatoms. The van der Waals surface area contributed by atoms with Crippen LogP contribution in [0.3, 0.4) is 0 Å². The van der Waals surface area contributed by atoms with Crippen molar-refractivity contribution in [2.24, 2.45) is 50.7 Å². The minimum absolute atomic E-state index is 0.0266. The molecule has 6 nitrogen and oxygen atoms in total. The van der Waals surface area contributed by atoms with Crippen molar-refractivity contribution in [3.8, 4) is 0 Å². The van der Waals surface area contributed by atoms with Crippen LogP contribution in [0.1, 0.15) is 86.0 Å². The zero-order valence-electron chi connectivity index (χ0n) is 22.5. The molecule has 0 bridgehead atoms. The van der Waals surface area contributed by atoms with Crippen molar-refractivity contribution in [1.82, 2.24) is 0 Å². The standard InChI is InChI=1S/C29H46O6/c1-16-13-17(14-34-24(32)33-6)35-22-21(16)26(4)11-12-29-15-28(29)10-9-20(30)25(2,3)18(28)7-8-19(29)27(26,5)23(22)31/h16-23,30-31H,7-15H2,1-6H3/t16-,17?,18+,19?,20+,21+,22?,23+,26-,27-,28-,29+/m1/s1. The third kappa shape index (κ3) is 2.75. The summed E-state index contributed by atoms with van der Waals surface area (Å²) >= 11 is 0. The van der Waals surface area contributed by atoms with E-state index in [-0.39, 0.29) is 41.2 Å². The Balaban J connectivity index is 1.31. The van der Waals surface area contributed by atoms with Crippen LogP contribution in [-0.2, 0) is 14.2 Å². The molecule has 2 N–H and O–H groups in total. The molecule has 198 valence electrons. The van der Waals surface area contributed by atoms with Crippen molar-refractivity contribution in [2.45, 2.75) is 110 Å². The fourth-order valence-corrected chi connectivity index (χ4v) is 11.7. The van der Waals surface area contributed by atoms with Gasteiger partial charge < -0.3 is 24.4 Å². The first-order valence-corrected chi connectivity index (χ1v) is 14.1. The second-order valence-electron chi connectivity index (χ2n) is 14.4. The minimum atomic E-state index is -0.679. The number of aliphatic hydroxyl groups is 2. The van der Waals surface area contributed by atoms with Gasteiger partial charge in [-0.05, 0) is 96.7 Å². The first-order valence-electron chi connectivity index (χ1n) is 14.1. The molecule has 35 heavy (non-hydrogen) atoms. The minimum Gasteiger partial charge on any atom is -0.438 e. The van der Waals surface area contributed by atoms with Crippen LogP contribution in [0.25, 0.3) is 0 Å². The highest BCUT2D eigenvalue weighted by Gasteiger charge is 2.84. The molecule has 6 aliphatic rings. The molecule has 1 saturated heterocycles. The number of rotatable bonds is 2. The Kier molecular flexibility index (Phi) is 5.16. The molecule has 3 unspecified atom stereocenters. The van der Waals surface area contributed by atoms with Crippen molar-refractivity contribution in [3.63, 3.8) is 0 Å². The van der Waals surface area contributed by atoms with E-state index in [1.54, 1.807) is 0 Å². The summed E-state index contributed by atoms with van der Waals surface area (Å²) in [4.78, 5) is 11.5. The third-order valence-electron chi connectivity index (χ3n) is 13.4. The van der Waals surface area contributed by atoms with Gasteiger partial charge in [0, 0.05) is 5.41 Å². The van der Waals surface area contributed by atoms with E-state index < -0.39 is 12.3 Å². The van der Waals surface area contributed by atoms with Gasteiger partial charge in [0.15, 0.2) is 0 Å². The number of hydrogen-bond acceptors (Lipinski definition) is 6. The van der Waals surface area contributed by atoms with Crippen LogP contribution >= 0.6 is 0 Å². The number of carbonyl (C=O) groups excluding carboxylic acids is 1. The maximum Gasteiger partial charge on any atom is 0.508 e. The molecule has 0 aromatic heterocycles. The summed E-state index contributed by atoms with van der Waals surface area (Å²) in [7, 11) is 1.32. The van der Waals surface area contributed by atoms with Crippen LogP contribution in [0.4, 0.5) is 4.79 Å². The lowest BCUT2D eigenvalue weighted by atomic mass is 9.41. The van der Waals surface area contributed by atoms with Gasteiger partial charge in [0.2, 0.25) is 0 Å². The maximum absolute atomic E-state index is 12.1. The van der Waals surface area contributed by atoms with E-state index in [4.69, 9.17) is 9.47 Å². The van der Waals surface area contributed by atoms with Gasteiger partial charge in [0.05, 0.1) is 31.5 Å². The van der Waals surface area contributed by atoms with E-state index in [0.29, 0.717) is 34.5 Å². The molecule has 12 atom stereocenters. The predicted octanol–water partition coefficient (Wildman–Crippen LogP) is 4.94. The smallest absolute Gasteiger partial charge is 0.438 e. The average Bonchev–Trinajstić information content (AvgIpc) is 3.45. The zero-order chi connectivity index (χ0) is 25.2. The number of fused-ring (bicyclic) bond motifs is 4. The van der Waals surface area contributed by atoms with Crippen LogP contribution in [-0.4, -0.2) is 54.5 Å². The van der Waals surface area contributed by atoms with E-state index in [9.17, 15) is 15.0 Å². The van der Waals surface area contributed by atoms with Gasteiger partial charge in [-0.1, -0.05) is 34.6 Å². The van der Waals surface area contributed by atoms with Gasteiger partial charge in [-0.25, -0.2) is 4.79 Å². The second-order valence-corrected chi connectivity index (χ2v) is 14.4.